The number of nitro groups is 1. The summed E-state index contributed by atoms with van der Waals surface area (Å²) in [6.45, 7) is 0. The highest BCUT2D eigenvalue weighted by Crippen LogP contribution is 2.30. The molecule has 4 rings (SSSR count). The molecule has 0 aliphatic carbocycles. The zero-order valence-corrected chi connectivity index (χ0v) is 22.5. The minimum Gasteiger partial charge on any atom is -0.497 e. The first-order valence-electron chi connectivity index (χ1n) is 11.2. The zero-order chi connectivity index (χ0) is 28.5. The highest BCUT2D eigenvalue weighted by molar-refractivity contribution is 7.93. The Morgan fingerprint density at radius 2 is 1.10 bits per heavy atom. The fourth-order valence-electron chi connectivity index (χ4n) is 3.15. The van der Waals surface area contributed by atoms with Crippen molar-refractivity contribution in [2.45, 2.75) is 9.79 Å². The van der Waals surface area contributed by atoms with Crippen molar-refractivity contribution < 1.29 is 31.2 Å². The Bertz CT molecular complexity index is 1610. The Labute approximate surface area is 226 Å². The molecule has 0 aliphatic heterocycles. The summed E-state index contributed by atoms with van der Waals surface area (Å²) >= 11 is 0. The van der Waals surface area contributed by atoms with E-state index in [1.165, 1.54) is 31.4 Å². The van der Waals surface area contributed by atoms with Gasteiger partial charge in [-0.25, -0.2) is 16.8 Å². The third-order valence-electron chi connectivity index (χ3n) is 5.10. The molecule has 0 spiro atoms. The van der Waals surface area contributed by atoms with E-state index in [1.54, 1.807) is 79.9 Å². The number of methoxy groups -OCH3 is 2. The fraction of sp³-hybridized carbons (Fsp3) is 0.0769. The van der Waals surface area contributed by atoms with Crippen molar-refractivity contribution in [3.05, 3.63) is 113 Å². The van der Waals surface area contributed by atoms with E-state index in [-0.39, 0.29) is 26.9 Å². The number of hydrogen-bond donors (Lipinski definition) is 2. The highest BCUT2D eigenvalue weighted by atomic mass is 32.2. The van der Waals surface area contributed by atoms with Crippen molar-refractivity contribution in [1.82, 2.24) is 0 Å². The molecule has 0 heterocycles. The number of nitrogens with zero attached hydrogens (tertiary/aromatic N) is 1. The molecule has 0 aliphatic rings. The van der Waals surface area contributed by atoms with Crippen LogP contribution in [0.2, 0.25) is 0 Å². The molecule has 204 valence electrons. The summed E-state index contributed by atoms with van der Waals surface area (Å²) < 4.78 is 63.0. The first kappa shape index (κ1) is 28.9. The molecule has 0 amide bonds. The van der Waals surface area contributed by atoms with E-state index in [0.29, 0.717) is 11.4 Å². The lowest BCUT2D eigenvalue weighted by atomic mass is 10.2. The number of rotatable bonds is 9. The monoisotopic (exact) mass is 571 g/mol. The van der Waals surface area contributed by atoms with Crippen molar-refractivity contribution in [3.63, 3.8) is 0 Å². The predicted octanol–water partition coefficient (Wildman–Crippen LogP) is 4.90. The molecule has 0 radical (unpaired) electrons. The lowest BCUT2D eigenvalue weighted by Crippen LogP contribution is -2.14. The van der Waals surface area contributed by atoms with Crippen LogP contribution in [0.1, 0.15) is 0 Å². The number of anilines is 2. The van der Waals surface area contributed by atoms with Gasteiger partial charge in [0.1, 0.15) is 17.2 Å². The Kier molecular flexibility index (Phi) is 9.47. The van der Waals surface area contributed by atoms with Gasteiger partial charge in [0, 0.05) is 5.69 Å². The van der Waals surface area contributed by atoms with Crippen LogP contribution in [0.4, 0.5) is 17.1 Å². The fourth-order valence-corrected chi connectivity index (χ4v) is 5.33. The third-order valence-corrected chi connectivity index (χ3v) is 7.87. The van der Waals surface area contributed by atoms with Crippen LogP contribution < -0.4 is 18.9 Å². The van der Waals surface area contributed by atoms with Crippen molar-refractivity contribution in [2.75, 3.05) is 23.7 Å². The van der Waals surface area contributed by atoms with Crippen molar-refractivity contribution in [1.29, 1.82) is 0 Å². The first-order chi connectivity index (χ1) is 18.6. The van der Waals surface area contributed by atoms with E-state index in [1.807, 2.05) is 0 Å². The smallest absolute Gasteiger partial charge is 0.297 e. The average Bonchev–Trinajstić information content (AvgIpc) is 2.94. The van der Waals surface area contributed by atoms with E-state index >= 15 is 0 Å². The predicted molar refractivity (Wildman–Crippen MR) is 147 cm³/mol. The largest absolute Gasteiger partial charge is 0.497 e. The molecule has 0 atom stereocenters. The van der Waals surface area contributed by atoms with Crippen molar-refractivity contribution in [3.8, 4) is 11.5 Å². The molecule has 0 saturated carbocycles. The van der Waals surface area contributed by atoms with Gasteiger partial charge in [0.2, 0.25) is 0 Å². The van der Waals surface area contributed by atoms with Crippen molar-refractivity contribution >= 4 is 37.1 Å². The second-order valence-electron chi connectivity index (χ2n) is 7.71. The standard InChI is InChI=1S/C13H12N2O5S.C13H13NO3S/c1-20-10-7-8-12(13(9-10)15(16)17)14-21(18,19)11-5-3-2-4-6-11;1-17-12-9-7-11(8-10-12)14-18(15,16)13-5-3-2-4-6-13/h2-9,14H,1H3;2-10,14H,1H3. The first-order valence-corrected chi connectivity index (χ1v) is 14.1. The molecule has 11 nitrogen and oxygen atoms in total. The van der Waals surface area contributed by atoms with E-state index in [4.69, 9.17) is 9.47 Å². The van der Waals surface area contributed by atoms with Gasteiger partial charge in [-0.15, -0.1) is 0 Å². The van der Waals surface area contributed by atoms with E-state index in [9.17, 15) is 26.9 Å². The van der Waals surface area contributed by atoms with Crippen LogP contribution in [-0.2, 0) is 20.0 Å². The third kappa shape index (κ3) is 7.93. The Morgan fingerprint density at radius 3 is 1.56 bits per heavy atom. The van der Waals surface area contributed by atoms with Crippen LogP contribution in [0, 0.1) is 10.1 Å². The summed E-state index contributed by atoms with van der Waals surface area (Å²) in [5.74, 6) is 0.946. The number of nitro benzene ring substituents is 1. The number of hydrogen-bond acceptors (Lipinski definition) is 8. The van der Waals surface area contributed by atoms with Gasteiger partial charge in [-0.05, 0) is 60.7 Å². The molecule has 13 heteroatoms. The maximum atomic E-state index is 12.2. The van der Waals surface area contributed by atoms with Gasteiger partial charge in [0.05, 0.1) is 35.0 Å². The average molecular weight is 572 g/mol. The number of ether oxygens (including phenoxy) is 2. The maximum Gasteiger partial charge on any atom is 0.297 e. The summed E-state index contributed by atoms with van der Waals surface area (Å²) in [6, 6.07) is 26.4. The van der Waals surface area contributed by atoms with Crippen LogP contribution in [0.5, 0.6) is 11.5 Å². The summed E-state index contributed by atoms with van der Waals surface area (Å²) in [4.78, 5) is 10.6. The van der Waals surface area contributed by atoms with Crippen LogP contribution in [-0.4, -0.2) is 36.0 Å². The quantitative estimate of drug-likeness (QED) is 0.212. The molecular formula is C26H25N3O8S2. The lowest BCUT2D eigenvalue weighted by molar-refractivity contribution is -0.384. The van der Waals surface area contributed by atoms with Gasteiger partial charge in [0.25, 0.3) is 25.7 Å². The highest BCUT2D eigenvalue weighted by Gasteiger charge is 2.21. The van der Waals surface area contributed by atoms with Gasteiger partial charge >= 0.3 is 0 Å². The molecule has 4 aromatic rings. The topological polar surface area (TPSA) is 154 Å². The second-order valence-corrected chi connectivity index (χ2v) is 11.1. The van der Waals surface area contributed by atoms with Gasteiger partial charge in [0.15, 0.2) is 0 Å². The number of nitrogens with one attached hydrogen (secondary N) is 2. The van der Waals surface area contributed by atoms with Crippen LogP contribution in [0.3, 0.4) is 0 Å². The van der Waals surface area contributed by atoms with Gasteiger partial charge < -0.3 is 9.47 Å². The molecule has 0 fully saturated rings. The summed E-state index contributed by atoms with van der Waals surface area (Å²) in [7, 11) is -4.48. The minimum atomic E-state index is -3.88. The van der Waals surface area contributed by atoms with Crippen LogP contribution >= 0.6 is 0 Å². The minimum absolute atomic E-state index is 0.0233. The van der Waals surface area contributed by atoms with E-state index in [0.717, 1.165) is 6.07 Å². The normalized spacial score (nSPS) is 10.9. The summed E-state index contributed by atoms with van der Waals surface area (Å²) in [6.07, 6.45) is 0. The molecule has 39 heavy (non-hydrogen) atoms. The van der Waals surface area contributed by atoms with E-state index in [2.05, 4.69) is 9.44 Å². The number of sulfonamides is 2. The Hall–Kier alpha value is -4.62. The van der Waals surface area contributed by atoms with Crippen LogP contribution in [0.15, 0.2) is 113 Å². The van der Waals surface area contributed by atoms with Crippen LogP contribution in [0.25, 0.3) is 0 Å². The lowest BCUT2D eigenvalue weighted by Gasteiger charge is -2.09. The molecule has 0 saturated heterocycles. The SMILES string of the molecule is COc1ccc(NS(=O)(=O)c2ccccc2)c([N+](=O)[O-])c1.COc1ccc(NS(=O)(=O)c2ccccc2)cc1. The molecule has 0 bridgehead atoms. The Balaban J connectivity index is 0.000000218. The van der Waals surface area contributed by atoms with Gasteiger partial charge in [-0.2, -0.15) is 0 Å². The summed E-state index contributed by atoms with van der Waals surface area (Å²) in [5.41, 5.74) is -0.00170. The molecular weight excluding hydrogens is 546 g/mol. The molecule has 2 N–H and O–H groups in total. The van der Waals surface area contributed by atoms with E-state index < -0.39 is 25.0 Å². The zero-order valence-electron chi connectivity index (χ0n) is 20.8. The van der Waals surface area contributed by atoms with Crippen molar-refractivity contribution in [2.24, 2.45) is 0 Å². The Morgan fingerprint density at radius 1 is 0.641 bits per heavy atom. The molecule has 0 aromatic heterocycles. The molecule has 4 aromatic carbocycles. The summed E-state index contributed by atoms with van der Waals surface area (Å²) in [5, 5.41) is 11.0. The molecule has 0 unspecified atom stereocenters. The van der Waals surface area contributed by atoms with Gasteiger partial charge in [-0.3, -0.25) is 19.6 Å². The second kappa shape index (κ2) is 12.8. The maximum absolute atomic E-state index is 12.2. The van der Waals surface area contributed by atoms with Gasteiger partial charge in [-0.1, -0.05) is 36.4 Å². The number of benzene rings is 4.